The Labute approximate surface area is 164 Å². The molecule has 0 unspecified atom stereocenters. The van der Waals surface area contributed by atoms with Crippen LogP contribution in [0.15, 0.2) is 39.8 Å². The normalized spacial score (nSPS) is 16.8. The molecule has 0 saturated carbocycles. The highest BCUT2D eigenvalue weighted by atomic mass is 32.2. The fraction of sp³-hybridized carbons (Fsp3) is 0.526. The molecule has 2 heterocycles. The van der Waals surface area contributed by atoms with Crippen molar-refractivity contribution in [3.8, 4) is 0 Å². The lowest BCUT2D eigenvalue weighted by Crippen LogP contribution is -2.40. The maximum atomic E-state index is 12.6. The van der Waals surface area contributed by atoms with E-state index in [4.69, 9.17) is 9.26 Å². The molecule has 1 aliphatic rings. The monoisotopic (exact) mass is 407 g/mol. The SMILES string of the molecule is CC(C)(C)c1noc(COC(=O)C2CCN(S(=O)(=O)c3ccccc3)CC2)n1. The highest BCUT2D eigenvalue weighted by molar-refractivity contribution is 7.89. The summed E-state index contributed by atoms with van der Waals surface area (Å²) < 4.78 is 37.1. The number of sulfonamides is 1. The zero-order chi connectivity index (χ0) is 20.4. The second-order valence-electron chi connectivity index (χ2n) is 7.86. The van der Waals surface area contributed by atoms with Crippen LogP contribution in [-0.4, -0.2) is 41.9 Å². The van der Waals surface area contributed by atoms with E-state index in [-0.39, 0.29) is 47.8 Å². The Balaban J connectivity index is 1.52. The van der Waals surface area contributed by atoms with Crippen molar-refractivity contribution >= 4 is 16.0 Å². The van der Waals surface area contributed by atoms with Gasteiger partial charge in [0.05, 0.1) is 10.8 Å². The van der Waals surface area contributed by atoms with Crippen molar-refractivity contribution in [3.05, 3.63) is 42.0 Å². The van der Waals surface area contributed by atoms with Crippen molar-refractivity contribution in [2.45, 2.75) is 50.5 Å². The van der Waals surface area contributed by atoms with E-state index in [1.54, 1.807) is 30.3 Å². The standard InChI is InChI=1S/C19H25N3O5S/c1-19(2,3)18-20-16(27-21-18)13-26-17(23)14-9-11-22(12-10-14)28(24,25)15-7-5-4-6-8-15/h4-8,14H,9-13H2,1-3H3. The minimum Gasteiger partial charge on any atom is -0.455 e. The van der Waals surface area contributed by atoms with Crippen LogP contribution in [0.5, 0.6) is 0 Å². The Morgan fingerprint density at radius 2 is 1.86 bits per heavy atom. The molecule has 28 heavy (non-hydrogen) atoms. The topological polar surface area (TPSA) is 103 Å². The number of aromatic nitrogens is 2. The second kappa shape index (κ2) is 8.00. The summed E-state index contributed by atoms with van der Waals surface area (Å²) in [6, 6.07) is 8.31. The Hall–Kier alpha value is -2.26. The van der Waals surface area contributed by atoms with Crippen molar-refractivity contribution in [1.82, 2.24) is 14.4 Å². The number of rotatable bonds is 5. The average molecular weight is 407 g/mol. The molecule has 3 rings (SSSR count). The Morgan fingerprint density at radius 3 is 2.43 bits per heavy atom. The smallest absolute Gasteiger partial charge is 0.309 e. The molecule has 1 fully saturated rings. The van der Waals surface area contributed by atoms with Crippen molar-refractivity contribution in [3.63, 3.8) is 0 Å². The molecule has 0 spiro atoms. The number of hydrogen-bond acceptors (Lipinski definition) is 7. The number of esters is 1. The Morgan fingerprint density at radius 1 is 1.21 bits per heavy atom. The highest BCUT2D eigenvalue weighted by Crippen LogP contribution is 2.25. The van der Waals surface area contributed by atoms with Crippen LogP contribution in [0.25, 0.3) is 0 Å². The number of hydrogen-bond donors (Lipinski definition) is 0. The summed E-state index contributed by atoms with van der Waals surface area (Å²) in [5.41, 5.74) is -0.247. The molecule has 0 N–H and O–H groups in total. The van der Waals surface area contributed by atoms with Gasteiger partial charge in [0.2, 0.25) is 10.0 Å². The third-order valence-electron chi connectivity index (χ3n) is 4.65. The summed E-state index contributed by atoms with van der Waals surface area (Å²) in [6.07, 6.45) is 0.837. The van der Waals surface area contributed by atoms with Crippen LogP contribution in [0, 0.1) is 5.92 Å². The summed E-state index contributed by atoms with van der Waals surface area (Å²) >= 11 is 0. The van der Waals surface area contributed by atoms with Crippen molar-refractivity contribution in [1.29, 1.82) is 0 Å². The maximum absolute atomic E-state index is 12.6. The molecule has 2 aromatic rings. The van der Waals surface area contributed by atoms with Gasteiger partial charge >= 0.3 is 5.97 Å². The molecular weight excluding hydrogens is 382 g/mol. The van der Waals surface area contributed by atoms with Gasteiger partial charge in [-0.05, 0) is 25.0 Å². The lowest BCUT2D eigenvalue weighted by Gasteiger charge is -2.30. The number of piperidine rings is 1. The molecule has 1 aromatic carbocycles. The number of carbonyl (C=O) groups is 1. The van der Waals surface area contributed by atoms with E-state index in [1.807, 2.05) is 20.8 Å². The van der Waals surface area contributed by atoms with Gasteiger partial charge in [-0.2, -0.15) is 9.29 Å². The van der Waals surface area contributed by atoms with E-state index in [0.29, 0.717) is 18.7 Å². The van der Waals surface area contributed by atoms with Gasteiger partial charge in [-0.25, -0.2) is 8.42 Å². The fourth-order valence-electron chi connectivity index (χ4n) is 2.94. The molecule has 0 amide bonds. The van der Waals surface area contributed by atoms with Crippen LogP contribution in [0.2, 0.25) is 0 Å². The Kier molecular flexibility index (Phi) is 5.85. The third kappa shape index (κ3) is 4.59. The van der Waals surface area contributed by atoms with Gasteiger partial charge < -0.3 is 9.26 Å². The Bertz CT molecular complexity index is 911. The zero-order valence-electron chi connectivity index (χ0n) is 16.3. The number of ether oxygens (including phenoxy) is 1. The van der Waals surface area contributed by atoms with Crippen LogP contribution < -0.4 is 0 Å². The highest BCUT2D eigenvalue weighted by Gasteiger charge is 2.33. The summed E-state index contributed by atoms with van der Waals surface area (Å²) in [6.45, 7) is 6.38. The minimum atomic E-state index is -3.53. The molecule has 1 aromatic heterocycles. The van der Waals surface area contributed by atoms with Crippen LogP contribution in [0.3, 0.4) is 0 Å². The summed E-state index contributed by atoms with van der Waals surface area (Å²) in [4.78, 5) is 16.8. The first-order valence-corrected chi connectivity index (χ1v) is 10.7. The molecule has 152 valence electrons. The summed E-state index contributed by atoms with van der Waals surface area (Å²) in [7, 11) is -3.53. The van der Waals surface area contributed by atoms with Crippen LogP contribution in [-0.2, 0) is 31.6 Å². The zero-order valence-corrected chi connectivity index (χ0v) is 17.1. The van der Waals surface area contributed by atoms with E-state index in [0.717, 1.165) is 0 Å². The molecule has 0 atom stereocenters. The molecule has 9 heteroatoms. The number of benzene rings is 1. The molecule has 0 aliphatic carbocycles. The van der Waals surface area contributed by atoms with Gasteiger partial charge in [0.15, 0.2) is 12.4 Å². The van der Waals surface area contributed by atoms with Crippen molar-refractivity contribution in [2.75, 3.05) is 13.1 Å². The first-order valence-electron chi connectivity index (χ1n) is 9.23. The second-order valence-corrected chi connectivity index (χ2v) is 9.80. The van der Waals surface area contributed by atoms with E-state index < -0.39 is 10.0 Å². The largest absolute Gasteiger partial charge is 0.455 e. The average Bonchev–Trinajstić information content (AvgIpc) is 3.16. The lowest BCUT2D eigenvalue weighted by atomic mass is 9.96. The lowest BCUT2D eigenvalue weighted by molar-refractivity contribution is -0.152. The van der Waals surface area contributed by atoms with E-state index in [9.17, 15) is 13.2 Å². The van der Waals surface area contributed by atoms with Gasteiger partial charge in [-0.3, -0.25) is 4.79 Å². The third-order valence-corrected chi connectivity index (χ3v) is 6.56. The summed E-state index contributed by atoms with van der Waals surface area (Å²) in [5.74, 6) is 0.0971. The summed E-state index contributed by atoms with van der Waals surface area (Å²) in [5, 5.41) is 3.89. The van der Waals surface area contributed by atoms with Crippen LogP contribution in [0.4, 0.5) is 0 Å². The van der Waals surface area contributed by atoms with Crippen molar-refractivity contribution < 1.29 is 22.5 Å². The first kappa shape index (κ1) is 20.5. The molecule has 1 saturated heterocycles. The van der Waals surface area contributed by atoms with Gasteiger partial charge in [0.1, 0.15) is 0 Å². The predicted octanol–water partition coefficient (Wildman–Crippen LogP) is 2.51. The van der Waals surface area contributed by atoms with Gasteiger partial charge in [0.25, 0.3) is 5.89 Å². The first-order chi connectivity index (χ1) is 13.2. The number of nitrogens with zero attached hydrogens (tertiary/aromatic N) is 3. The van der Waals surface area contributed by atoms with Gasteiger partial charge in [-0.15, -0.1) is 0 Å². The van der Waals surface area contributed by atoms with Gasteiger partial charge in [-0.1, -0.05) is 44.1 Å². The number of carbonyl (C=O) groups excluding carboxylic acids is 1. The van der Waals surface area contributed by atoms with Crippen LogP contribution in [0.1, 0.15) is 45.3 Å². The fourth-order valence-corrected chi connectivity index (χ4v) is 4.43. The quantitative estimate of drug-likeness (QED) is 0.702. The molecule has 0 bridgehead atoms. The predicted molar refractivity (Wildman–Crippen MR) is 101 cm³/mol. The molecule has 0 radical (unpaired) electrons. The minimum absolute atomic E-state index is 0.0789. The van der Waals surface area contributed by atoms with Crippen LogP contribution >= 0.6 is 0 Å². The van der Waals surface area contributed by atoms with E-state index >= 15 is 0 Å². The van der Waals surface area contributed by atoms with Gasteiger partial charge in [0, 0.05) is 18.5 Å². The van der Waals surface area contributed by atoms with E-state index in [1.165, 1.54) is 4.31 Å². The molecule has 1 aliphatic heterocycles. The van der Waals surface area contributed by atoms with Crippen molar-refractivity contribution in [2.24, 2.45) is 5.92 Å². The maximum Gasteiger partial charge on any atom is 0.309 e. The molecular formula is C19H25N3O5S. The van der Waals surface area contributed by atoms with E-state index in [2.05, 4.69) is 10.1 Å². The molecule has 8 nitrogen and oxygen atoms in total.